The molecule has 1 aliphatic heterocycles. The third kappa shape index (κ3) is 2.81. The zero-order valence-corrected chi connectivity index (χ0v) is 7.58. The first-order chi connectivity index (χ1) is 5.84. The van der Waals surface area contributed by atoms with E-state index in [2.05, 4.69) is 6.42 Å². The molecule has 0 bridgehead atoms. The summed E-state index contributed by atoms with van der Waals surface area (Å²) in [6, 6.07) is 0. The molecule has 3 heteroatoms. The number of carbonyl (C=O) groups is 1. The molecule has 1 amide bonds. The number of hydrogen-bond acceptors (Lipinski definition) is 2. The van der Waals surface area contributed by atoms with E-state index in [9.17, 15) is 4.79 Å². The van der Waals surface area contributed by atoms with Crippen molar-refractivity contribution in [3.8, 4) is 0 Å². The predicted molar refractivity (Wildman–Crippen MR) is 46.6 cm³/mol. The van der Waals surface area contributed by atoms with Gasteiger partial charge in [0.1, 0.15) is 0 Å². The highest BCUT2D eigenvalue weighted by Crippen LogP contribution is 2.08. The van der Waals surface area contributed by atoms with E-state index in [1.807, 2.05) is 4.90 Å². The second-order valence-corrected chi connectivity index (χ2v) is 2.99. The number of likely N-dealkylation sites (tertiary alicyclic amines) is 1. The number of hydrogen-bond donors (Lipinski definition) is 0. The molecule has 3 nitrogen and oxygen atoms in total. The third-order valence-electron chi connectivity index (χ3n) is 2.08. The fourth-order valence-corrected chi connectivity index (χ4v) is 1.35. The van der Waals surface area contributed by atoms with Crippen LogP contribution in [0.3, 0.4) is 0 Å². The van der Waals surface area contributed by atoms with Crippen LogP contribution in [0, 0.1) is 6.42 Å². The van der Waals surface area contributed by atoms with Gasteiger partial charge in [0.25, 0.3) is 0 Å². The molecule has 1 aliphatic rings. The number of rotatable bonds is 3. The second-order valence-electron chi connectivity index (χ2n) is 2.99. The molecule has 1 saturated heterocycles. The van der Waals surface area contributed by atoms with Gasteiger partial charge >= 0.3 is 0 Å². The van der Waals surface area contributed by atoms with Gasteiger partial charge in [-0.3, -0.25) is 4.79 Å². The van der Waals surface area contributed by atoms with Crippen LogP contribution in [0.15, 0.2) is 0 Å². The molecule has 1 heterocycles. The van der Waals surface area contributed by atoms with E-state index in [1.54, 1.807) is 7.11 Å². The van der Waals surface area contributed by atoms with E-state index >= 15 is 0 Å². The highest BCUT2D eigenvalue weighted by atomic mass is 16.5. The average molecular weight is 170 g/mol. The summed E-state index contributed by atoms with van der Waals surface area (Å²) < 4.78 is 4.85. The minimum atomic E-state index is 0.227. The van der Waals surface area contributed by atoms with Crippen LogP contribution in [0.4, 0.5) is 0 Å². The van der Waals surface area contributed by atoms with E-state index in [1.165, 1.54) is 0 Å². The Kier molecular flexibility index (Phi) is 4.08. The molecule has 0 aromatic rings. The number of piperidine rings is 1. The molecule has 0 unspecified atom stereocenters. The van der Waals surface area contributed by atoms with Gasteiger partial charge in [-0.05, 0) is 19.3 Å². The maximum atomic E-state index is 11.4. The van der Waals surface area contributed by atoms with Crippen molar-refractivity contribution in [2.45, 2.75) is 19.3 Å². The summed E-state index contributed by atoms with van der Waals surface area (Å²) in [6.07, 6.45) is 4.84. The molecular formula is C9H16NO2. The van der Waals surface area contributed by atoms with Crippen LogP contribution in [-0.4, -0.2) is 37.6 Å². The lowest BCUT2D eigenvalue weighted by molar-refractivity contribution is -0.132. The molecule has 12 heavy (non-hydrogen) atoms. The smallest absolute Gasteiger partial charge is 0.224 e. The summed E-state index contributed by atoms with van der Waals surface area (Å²) in [5.41, 5.74) is 0. The molecule has 0 atom stereocenters. The van der Waals surface area contributed by atoms with E-state index in [-0.39, 0.29) is 5.91 Å². The lowest BCUT2D eigenvalue weighted by atomic mass is 10.1. The normalized spacial score (nSPS) is 17.9. The molecule has 69 valence electrons. The first-order valence-corrected chi connectivity index (χ1v) is 4.43. The van der Waals surface area contributed by atoms with Crippen molar-refractivity contribution >= 4 is 5.91 Å². The Labute approximate surface area is 73.7 Å². The van der Waals surface area contributed by atoms with E-state index in [4.69, 9.17) is 4.74 Å². The van der Waals surface area contributed by atoms with Gasteiger partial charge in [-0.2, -0.15) is 0 Å². The van der Waals surface area contributed by atoms with Crippen molar-refractivity contribution in [2.75, 3.05) is 26.8 Å². The summed E-state index contributed by atoms with van der Waals surface area (Å²) in [5, 5.41) is 0. The number of carbonyl (C=O) groups excluding carboxylic acids is 1. The van der Waals surface area contributed by atoms with Gasteiger partial charge in [0, 0.05) is 20.2 Å². The molecule has 0 saturated carbocycles. The monoisotopic (exact) mass is 170 g/mol. The standard InChI is InChI=1S/C9H16NO2/c1-12-8-5-9(11)10-6-3-2-4-7-10/h2H,3-8H2,1H3. The van der Waals surface area contributed by atoms with Crippen molar-refractivity contribution in [2.24, 2.45) is 0 Å². The lowest BCUT2D eigenvalue weighted by Crippen LogP contribution is -2.36. The van der Waals surface area contributed by atoms with Gasteiger partial charge in [-0.1, -0.05) is 0 Å². The molecule has 0 aromatic heterocycles. The van der Waals surface area contributed by atoms with Crippen LogP contribution < -0.4 is 0 Å². The highest BCUT2D eigenvalue weighted by Gasteiger charge is 2.15. The Hall–Kier alpha value is -0.570. The Bertz CT molecular complexity index is 141. The Morgan fingerprint density at radius 3 is 2.75 bits per heavy atom. The zero-order chi connectivity index (χ0) is 8.81. The fourth-order valence-electron chi connectivity index (χ4n) is 1.35. The van der Waals surface area contributed by atoms with Gasteiger partial charge in [0.15, 0.2) is 0 Å². The summed E-state index contributed by atoms with van der Waals surface area (Å²) >= 11 is 0. The molecular weight excluding hydrogens is 154 g/mol. The van der Waals surface area contributed by atoms with Gasteiger partial charge in [0.05, 0.1) is 13.0 Å². The summed E-state index contributed by atoms with van der Waals surface area (Å²) in [6.45, 7) is 2.32. The van der Waals surface area contributed by atoms with Gasteiger partial charge < -0.3 is 9.64 Å². The SMILES string of the molecule is COCCC(=O)N1CC[CH]CC1. The van der Waals surface area contributed by atoms with Crippen LogP contribution in [0.1, 0.15) is 19.3 Å². The minimum Gasteiger partial charge on any atom is -0.384 e. The quantitative estimate of drug-likeness (QED) is 0.628. The maximum absolute atomic E-state index is 11.4. The van der Waals surface area contributed by atoms with Crippen LogP contribution in [0.25, 0.3) is 0 Å². The van der Waals surface area contributed by atoms with Gasteiger partial charge in [-0.15, -0.1) is 0 Å². The highest BCUT2D eigenvalue weighted by molar-refractivity contribution is 5.76. The van der Waals surface area contributed by atoms with E-state index < -0.39 is 0 Å². The zero-order valence-electron chi connectivity index (χ0n) is 7.58. The third-order valence-corrected chi connectivity index (χ3v) is 2.08. The van der Waals surface area contributed by atoms with Crippen LogP contribution in [0.5, 0.6) is 0 Å². The van der Waals surface area contributed by atoms with Crippen LogP contribution >= 0.6 is 0 Å². The van der Waals surface area contributed by atoms with Crippen molar-refractivity contribution in [1.29, 1.82) is 0 Å². The first kappa shape index (κ1) is 9.52. The largest absolute Gasteiger partial charge is 0.384 e. The molecule has 1 fully saturated rings. The van der Waals surface area contributed by atoms with Gasteiger partial charge in [0.2, 0.25) is 5.91 Å². The van der Waals surface area contributed by atoms with Crippen molar-refractivity contribution in [3.63, 3.8) is 0 Å². The number of amides is 1. The molecule has 1 rings (SSSR count). The van der Waals surface area contributed by atoms with Crippen LogP contribution in [-0.2, 0) is 9.53 Å². The Morgan fingerprint density at radius 1 is 1.50 bits per heavy atom. The Balaban J connectivity index is 2.20. The summed E-state index contributed by atoms with van der Waals surface area (Å²) in [7, 11) is 1.62. The minimum absolute atomic E-state index is 0.227. The molecule has 0 spiro atoms. The lowest BCUT2D eigenvalue weighted by Gasteiger charge is -2.26. The first-order valence-electron chi connectivity index (χ1n) is 4.43. The molecule has 0 aromatic carbocycles. The van der Waals surface area contributed by atoms with Crippen LogP contribution in [0.2, 0.25) is 0 Å². The summed E-state index contributed by atoms with van der Waals surface area (Å²) in [4.78, 5) is 13.3. The average Bonchev–Trinajstić information content (AvgIpc) is 2.15. The van der Waals surface area contributed by atoms with E-state index in [0.717, 1.165) is 25.9 Å². The van der Waals surface area contributed by atoms with Crippen molar-refractivity contribution in [1.82, 2.24) is 4.90 Å². The van der Waals surface area contributed by atoms with E-state index in [0.29, 0.717) is 13.0 Å². The number of methoxy groups -OCH3 is 1. The number of ether oxygens (including phenoxy) is 1. The molecule has 0 aliphatic carbocycles. The molecule has 0 N–H and O–H groups in total. The van der Waals surface area contributed by atoms with Crippen molar-refractivity contribution < 1.29 is 9.53 Å². The predicted octanol–water partition coefficient (Wildman–Crippen LogP) is 0.850. The summed E-state index contributed by atoms with van der Waals surface area (Å²) in [5.74, 6) is 0.227. The maximum Gasteiger partial charge on any atom is 0.224 e. The second kappa shape index (κ2) is 5.14. The topological polar surface area (TPSA) is 29.5 Å². The fraction of sp³-hybridized carbons (Fsp3) is 0.778. The van der Waals surface area contributed by atoms with Crippen molar-refractivity contribution in [3.05, 3.63) is 6.42 Å². The number of nitrogens with zero attached hydrogens (tertiary/aromatic N) is 1. The molecule has 1 radical (unpaired) electrons. The van der Waals surface area contributed by atoms with Gasteiger partial charge in [-0.25, -0.2) is 0 Å². The Morgan fingerprint density at radius 2 is 2.17 bits per heavy atom.